The Morgan fingerprint density at radius 2 is 1.77 bits per heavy atom. The van der Waals surface area contributed by atoms with Gasteiger partial charge in [0.2, 0.25) is 5.91 Å². The van der Waals surface area contributed by atoms with Gasteiger partial charge in [-0.1, -0.05) is 32.6 Å². The van der Waals surface area contributed by atoms with Crippen molar-refractivity contribution in [2.75, 3.05) is 20.6 Å². The van der Waals surface area contributed by atoms with Crippen molar-refractivity contribution in [2.24, 2.45) is 11.7 Å². The molecule has 2 unspecified atom stereocenters. The first kappa shape index (κ1) is 22.0. The predicted molar refractivity (Wildman–Crippen MR) is 96.9 cm³/mol. The van der Waals surface area contributed by atoms with Gasteiger partial charge >= 0.3 is 0 Å². The Morgan fingerprint density at radius 1 is 1.18 bits per heavy atom. The fraction of sp³-hybridized carbons (Fsp3) is 0.938. The average molecular weight is 354 g/mol. The molecule has 2 rings (SSSR count). The molecule has 0 saturated heterocycles. The highest BCUT2D eigenvalue weighted by atomic mass is 35.5. The average Bonchev–Trinajstić information content (AvgIpc) is 2.84. The lowest BCUT2D eigenvalue weighted by atomic mass is 9.75. The number of hydrogen-bond donors (Lipinski definition) is 2. The van der Waals surface area contributed by atoms with E-state index in [1.807, 2.05) is 0 Å². The highest BCUT2D eigenvalue weighted by Crippen LogP contribution is 2.35. The zero-order valence-electron chi connectivity index (χ0n) is 14.2. The Hall–Kier alpha value is -0.0300. The molecular formula is C16H33Cl2N3O. The van der Waals surface area contributed by atoms with Crippen molar-refractivity contribution in [3.63, 3.8) is 0 Å². The SMILES string of the molecule is CC1CCCC(CNC(=O)C2(N)CCCC2)(N(C)C)C1.Cl.Cl. The maximum Gasteiger partial charge on any atom is 0.240 e. The summed E-state index contributed by atoms with van der Waals surface area (Å²) in [6.07, 6.45) is 8.74. The number of nitrogens with zero attached hydrogens (tertiary/aromatic N) is 1. The topological polar surface area (TPSA) is 58.4 Å². The smallest absolute Gasteiger partial charge is 0.240 e. The van der Waals surface area contributed by atoms with Gasteiger partial charge in [0.1, 0.15) is 0 Å². The van der Waals surface area contributed by atoms with Crippen LogP contribution in [0.15, 0.2) is 0 Å². The normalized spacial score (nSPS) is 30.3. The second-order valence-electron chi connectivity index (χ2n) is 7.37. The summed E-state index contributed by atoms with van der Waals surface area (Å²) < 4.78 is 0. The summed E-state index contributed by atoms with van der Waals surface area (Å²) >= 11 is 0. The molecule has 2 aliphatic carbocycles. The van der Waals surface area contributed by atoms with Gasteiger partial charge in [-0.15, -0.1) is 24.8 Å². The van der Waals surface area contributed by atoms with Crippen LogP contribution in [0.2, 0.25) is 0 Å². The molecule has 2 fully saturated rings. The van der Waals surface area contributed by atoms with Crippen molar-refractivity contribution in [1.82, 2.24) is 10.2 Å². The molecule has 3 N–H and O–H groups in total. The fourth-order valence-corrected chi connectivity index (χ4v) is 4.01. The van der Waals surface area contributed by atoms with Crippen LogP contribution in [0.1, 0.15) is 58.3 Å². The molecule has 6 heteroatoms. The minimum atomic E-state index is -0.603. The van der Waals surface area contributed by atoms with Crippen LogP contribution in [-0.2, 0) is 4.79 Å². The van der Waals surface area contributed by atoms with Gasteiger partial charge in [-0.25, -0.2) is 0 Å². The largest absolute Gasteiger partial charge is 0.353 e. The number of nitrogens with two attached hydrogens (primary N) is 1. The van der Waals surface area contributed by atoms with E-state index in [2.05, 4.69) is 31.2 Å². The fourth-order valence-electron chi connectivity index (χ4n) is 4.01. The molecule has 132 valence electrons. The van der Waals surface area contributed by atoms with E-state index in [4.69, 9.17) is 5.73 Å². The standard InChI is InChI=1S/C16H31N3O.2ClH/c1-13-7-6-8-15(11-13,19(2)3)12-18-14(20)16(17)9-4-5-10-16;;/h13H,4-12,17H2,1-3H3,(H,18,20);2*1H. The van der Waals surface area contributed by atoms with E-state index in [0.717, 1.165) is 44.6 Å². The van der Waals surface area contributed by atoms with E-state index in [-0.39, 0.29) is 36.3 Å². The van der Waals surface area contributed by atoms with Crippen LogP contribution in [0, 0.1) is 5.92 Å². The second kappa shape index (κ2) is 8.72. The highest BCUT2D eigenvalue weighted by Gasteiger charge is 2.41. The first-order valence-corrected chi connectivity index (χ1v) is 8.13. The van der Waals surface area contributed by atoms with E-state index in [1.54, 1.807) is 0 Å². The van der Waals surface area contributed by atoms with Crippen molar-refractivity contribution in [3.8, 4) is 0 Å². The van der Waals surface area contributed by atoms with E-state index < -0.39 is 5.54 Å². The molecule has 0 radical (unpaired) electrons. The number of likely N-dealkylation sites (N-methyl/N-ethyl adjacent to an activating group) is 1. The first-order chi connectivity index (χ1) is 9.38. The summed E-state index contributed by atoms with van der Waals surface area (Å²) in [4.78, 5) is 14.7. The number of halogens is 2. The first-order valence-electron chi connectivity index (χ1n) is 8.13. The van der Waals surface area contributed by atoms with Crippen LogP contribution in [0.4, 0.5) is 0 Å². The molecule has 4 nitrogen and oxygen atoms in total. The molecule has 0 aromatic rings. The van der Waals surface area contributed by atoms with E-state index >= 15 is 0 Å². The van der Waals surface area contributed by atoms with Crippen molar-refractivity contribution >= 4 is 30.7 Å². The lowest BCUT2D eigenvalue weighted by Crippen LogP contribution is -2.59. The molecule has 0 bridgehead atoms. The lowest BCUT2D eigenvalue weighted by molar-refractivity contribution is -0.127. The van der Waals surface area contributed by atoms with Gasteiger partial charge in [-0.3, -0.25) is 4.79 Å². The number of hydrogen-bond acceptors (Lipinski definition) is 3. The van der Waals surface area contributed by atoms with Gasteiger partial charge < -0.3 is 16.0 Å². The zero-order valence-corrected chi connectivity index (χ0v) is 15.8. The van der Waals surface area contributed by atoms with Crippen LogP contribution in [0.3, 0.4) is 0 Å². The zero-order chi connectivity index (χ0) is 14.8. The molecule has 2 atom stereocenters. The van der Waals surface area contributed by atoms with Gasteiger partial charge in [0.15, 0.2) is 0 Å². The second-order valence-corrected chi connectivity index (χ2v) is 7.37. The van der Waals surface area contributed by atoms with Crippen LogP contribution >= 0.6 is 24.8 Å². The van der Waals surface area contributed by atoms with Crippen molar-refractivity contribution in [2.45, 2.75) is 69.4 Å². The van der Waals surface area contributed by atoms with Crippen LogP contribution in [0.25, 0.3) is 0 Å². The summed E-state index contributed by atoms with van der Waals surface area (Å²) in [5, 5.41) is 3.17. The van der Waals surface area contributed by atoms with E-state index in [9.17, 15) is 4.79 Å². The van der Waals surface area contributed by atoms with Gasteiger partial charge in [0, 0.05) is 12.1 Å². The maximum absolute atomic E-state index is 12.4. The molecule has 0 aromatic heterocycles. The van der Waals surface area contributed by atoms with Crippen molar-refractivity contribution in [1.29, 1.82) is 0 Å². The Balaban J connectivity index is 0.00000220. The summed E-state index contributed by atoms with van der Waals surface area (Å²) in [6, 6.07) is 0. The van der Waals surface area contributed by atoms with Gasteiger partial charge in [0.05, 0.1) is 5.54 Å². The van der Waals surface area contributed by atoms with Crippen molar-refractivity contribution in [3.05, 3.63) is 0 Å². The summed E-state index contributed by atoms with van der Waals surface area (Å²) in [6.45, 7) is 3.06. The number of carbonyl (C=O) groups is 1. The molecule has 0 aliphatic heterocycles. The van der Waals surface area contributed by atoms with E-state index in [0.29, 0.717) is 0 Å². The number of amides is 1. The van der Waals surface area contributed by atoms with Gasteiger partial charge in [-0.05, 0) is 45.7 Å². The number of nitrogens with one attached hydrogen (secondary N) is 1. The molecule has 0 spiro atoms. The number of carbonyl (C=O) groups excluding carboxylic acids is 1. The molecule has 2 saturated carbocycles. The summed E-state index contributed by atoms with van der Waals surface area (Å²) in [7, 11) is 4.27. The van der Waals surface area contributed by atoms with Crippen LogP contribution in [-0.4, -0.2) is 42.5 Å². The molecule has 0 heterocycles. The quantitative estimate of drug-likeness (QED) is 0.816. The Labute approximate surface area is 147 Å². The maximum atomic E-state index is 12.4. The molecule has 2 aliphatic rings. The molecule has 0 aromatic carbocycles. The van der Waals surface area contributed by atoms with Gasteiger partial charge in [-0.2, -0.15) is 0 Å². The summed E-state index contributed by atoms with van der Waals surface area (Å²) in [5.41, 5.74) is 5.75. The van der Waals surface area contributed by atoms with E-state index in [1.165, 1.54) is 19.3 Å². The molecule has 22 heavy (non-hydrogen) atoms. The lowest BCUT2D eigenvalue weighted by Gasteiger charge is -2.45. The minimum absolute atomic E-state index is 0. The van der Waals surface area contributed by atoms with Crippen LogP contribution in [0.5, 0.6) is 0 Å². The minimum Gasteiger partial charge on any atom is -0.353 e. The number of rotatable bonds is 4. The highest BCUT2D eigenvalue weighted by molar-refractivity contribution is 5.86. The third-order valence-electron chi connectivity index (χ3n) is 5.54. The predicted octanol–water partition coefficient (Wildman–Crippen LogP) is 2.73. The van der Waals surface area contributed by atoms with Crippen LogP contribution < -0.4 is 11.1 Å². The molecule has 1 amide bonds. The van der Waals surface area contributed by atoms with Crippen molar-refractivity contribution < 1.29 is 4.79 Å². The van der Waals surface area contributed by atoms with Gasteiger partial charge in [0.25, 0.3) is 0 Å². The third kappa shape index (κ3) is 4.73. The monoisotopic (exact) mass is 353 g/mol. The third-order valence-corrected chi connectivity index (χ3v) is 5.54. The Bertz CT molecular complexity index is 359. The Kier molecular flexibility index (Phi) is 8.71. The Morgan fingerprint density at radius 3 is 2.27 bits per heavy atom. The molecular weight excluding hydrogens is 321 g/mol. The summed E-state index contributed by atoms with van der Waals surface area (Å²) in [5.74, 6) is 0.802.